The van der Waals surface area contributed by atoms with Gasteiger partial charge in [0.15, 0.2) is 5.82 Å². The minimum Gasteiger partial charge on any atom is -0.360 e. The lowest BCUT2D eigenvalue weighted by Gasteiger charge is -2.05. The molecule has 1 aromatic carbocycles. The first-order chi connectivity index (χ1) is 7.99. The zero-order valence-electron chi connectivity index (χ0n) is 8.84. The van der Waals surface area contributed by atoms with Gasteiger partial charge in [0.1, 0.15) is 16.5 Å². The molecular formula is C10H9FN2O3S. The molecule has 1 N–H and O–H groups in total. The van der Waals surface area contributed by atoms with Crippen LogP contribution in [0.2, 0.25) is 0 Å². The summed E-state index contributed by atoms with van der Waals surface area (Å²) >= 11 is 0. The largest absolute Gasteiger partial charge is 0.360 e. The first kappa shape index (κ1) is 11.6. The van der Waals surface area contributed by atoms with E-state index in [0.717, 1.165) is 6.07 Å². The van der Waals surface area contributed by atoms with Gasteiger partial charge < -0.3 is 4.52 Å². The van der Waals surface area contributed by atoms with E-state index in [0.29, 0.717) is 5.76 Å². The molecular weight excluding hydrogens is 247 g/mol. The highest BCUT2D eigenvalue weighted by molar-refractivity contribution is 7.92. The average Bonchev–Trinajstić information content (AvgIpc) is 2.63. The van der Waals surface area contributed by atoms with Crippen molar-refractivity contribution in [3.8, 4) is 0 Å². The van der Waals surface area contributed by atoms with Crippen molar-refractivity contribution in [1.29, 1.82) is 0 Å². The molecule has 0 aliphatic heterocycles. The van der Waals surface area contributed by atoms with Gasteiger partial charge in [-0.15, -0.1) is 0 Å². The van der Waals surface area contributed by atoms with Crippen LogP contribution >= 0.6 is 0 Å². The fourth-order valence-corrected chi connectivity index (χ4v) is 2.33. The van der Waals surface area contributed by atoms with E-state index in [1.807, 2.05) is 0 Å². The maximum Gasteiger partial charge on any atom is 0.266 e. The van der Waals surface area contributed by atoms with E-state index in [9.17, 15) is 12.8 Å². The van der Waals surface area contributed by atoms with Gasteiger partial charge in [0.05, 0.1) is 0 Å². The molecule has 0 aliphatic carbocycles. The van der Waals surface area contributed by atoms with Crippen LogP contribution in [0.5, 0.6) is 0 Å². The molecule has 0 spiro atoms. The Hall–Kier alpha value is -1.89. The Balaban J connectivity index is 2.35. The minimum absolute atomic E-state index is 0.0192. The lowest BCUT2D eigenvalue weighted by molar-refractivity contribution is 0.400. The summed E-state index contributed by atoms with van der Waals surface area (Å²) in [5.41, 5.74) is 0. The van der Waals surface area contributed by atoms with E-state index < -0.39 is 20.7 Å². The van der Waals surface area contributed by atoms with Crippen molar-refractivity contribution in [1.82, 2.24) is 5.16 Å². The standard InChI is InChI=1S/C10H9FN2O3S/c1-7-6-10(12-16-7)13-17(14,15)9-5-3-2-4-8(9)11/h2-6H,1H3,(H,12,13). The smallest absolute Gasteiger partial charge is 0.266 e. The zero-order chi connectivity index (χ0) is 12.5. The Kier molecular flexibility index (Phi) is 2.84. The summed E-state index contributed by atoms with van der Waals surface area (Å²) in [7, 11) is -3.98. The van der Waals surface area contributed by atoms with Gasteiger partial charge in [0, 0.05) is 6.07 Å². The molecule has 90 valence electrons. The Morgan fingerprint density at radius 3 is 2.65 bits per heavy atom. The predicted octanol–water partition coefficient (Wildman–Crippen LogP) is 1.92. The number of sulfonamides is 1. The molecule has 0 saturated heterocycles. The summed E-state index contributed by atoms with van der Waals surface area (Å²) < 4.78 is 43.8. The number of aromatic nitrogens is 1. The molecule has 0 unspecified atom stereocenters. The van der Waals surface area contributed by atoms with Crippen molar-refractivity contribution < 1.29 is 17.3 Å². The van der Waals surface area contributed by atoms with Crippen molar-refractivity contribution in [3.05, 3.63) is 41.9 Å². The van der Waals surface area contributed by atoms with Gasteiger partial charge in [-0.25, -0.2) is 12.8 Å². The van der Waals surface area contributed by atoms with Gasteiger partial charge in [0.2, 0.25) is 0 Å². The second kappa shape index (κ2) is 4.17. The quantitative estimate of drug-likeness (QED) is 0.910. The third-order valence-electron chi connectivity index (χ3n) is 1.99. The molecule has 5 nitrogen and oxygen atoms in total. The number of nitrogens with one attached hydrogen (secondary N) is 1. The van der Waals surface area contributed by atoms with E-state index in [4.69, 9.17) is 4.52 Å². The van der Waals surface area contributed by atoms with Gasteiger partial charge >= 0.3 is 0 Å². The van der Waals surface area contributed by atoms with Crippen molar-refractivity contribution >= 4 is 15.8 Å². The summed E-state index contributed by atoms with van der Waals surface area (Å²) in [6, 6.07) is 6.49. The van der Waals surface area contributed by atoms with Crippen molar-refractivity contribution in [2.45, 2.75) is 11.8 Å². The molecule has 0 aliphatic rings. The minimum atomic E-state index is -3.98. The van der Waals surface area contributed by atoms with E-state index in [-0.39, 0.29) is 5.82 Å². The van der Waals surface area contributed by atoms with Gasteiger partial charge in [-0.3, -0.25) is 4.72 Å². The van der Waals surface area contributed by atoms with Gasteiger partial charge in [0.25, 0.3) is 10.0 Å². The number of aryl methyl sites for hydroxylation is 1. The number of rotatable bonds is 3. The molecule has 0 amide bonds. The molecule has 7 heteroatoms. The van der Waals surface area contributed by atoms with Gasteiger partial charge in [-0.2, -0.15) is 0 Å². The molecule has 0 fully saturated rings. The maximum absolute atomic E-state index is 13.3. The van der Waals surface area contributed by atoms with Crippen molar-refractivity contribution in [2.75, 3.05) is 4.72 Å². The summed E-state index contributed by atoms with van der Waals surface area (Å²) in [5, 5.41) is 3.47. The van der Waals surface area contributed by atoms with E-state index in [1.165, 1.54) is 24.3 Å². The maximum atomic E-state index is 13.3. The van der Waals surface area contributed by atoms with Crippen LogP contribution in [0, 0.1) is 12.7 Å². The highest BCUT2D eigenvalue weighted by Gasteiger charge is 2.19. The van der Waals surface area contributed by atoms with Crippen molar-refractivity contribution in [2.24, 2.45) is 0 Å². The summed E-state index contributed by atoms with van der Waals surface area (Å²) in [6.07, 6.45) is 0. The van der Waals surface area contributed by atoms with Crippen LogP contribution in [0.15, 0.2) is 39.8 Å². The first-order valence-electron chi connectivity index (χ1n) is 4.70. The Morgan fingerprint density at radius 2 is 2.06 bits per heavy atom. The van der Waals surface area contributed by atoms with Gasteiger partial charge in [-0.05, 0) is 19.1 Å². The van der Waals surface area contributed by atoms with Crippen LogP contribution in [0.3, 0.4) is 0 Å². The molecule has 0 atom stereocenters. The summed E-state index contributed by atoms with van der Waals surface area (Å²) in [4.78, 5) is -0.430. The van der Waals surface area contributed by atoms with E-state index in [2.05, 4.69) is 9.88 Å². The zero-order valence-corrected chi connectivity index (χ0v) is 9.66. The number of halogens is 1. The summed E-state index contributed by atoms with van der Waals surface area (Å²) in [5.74, 6) is -0.345. The molecule has 0 saturated carbocycles. The third kappa shape index (κ3) is 2.44. The average molecular weight is 256 g/mol. The molecule has 1 aromatic heterocycles. The van der Waals surface area contributed by atoms with Crippen LogP contribution in [-0.4, -0.2) is 13.6 Å². The van der Waals surface area contributed by atoms with E-state index >= 15 is 0 Å². The monoisotopic (exact) mass is 256 g/mol. The molecule has 0 radical (unpaired) electrons. The Bertz CT molecular complexity index is 637. The van der Waals surface area contributed by atoms with Crippen LogP contribution in [0.4, 0.5) is 10.2 Å². The Labute approximate surface area is 97.3 Å². The molecule has 2 aromatic rings. The predicted molar refractivity (Wildman–Crippen MR) is 58.4 cm³/mol. The second-order valence-electron chi connectivity index (χ2n) is 3.36. The molecule has 1 heterocycles. The molecule has 2 rings (SSSR count). The normalized spacial score (nSPS) is 11.4. The first-order valence-corrected chi connectivity index (χ1v) is 6.18. The lowest BCUT2D eigenvalue weighted by Crippen LogP contribution is -2.14. The number of benzene rings is 1. The van der Waals surface area contributed by atoms with Crippen LogP contribution < -0.4 is 4.72 Å². The fraction of sp³-hybridized carbons (Fsp3) is 0.100. The lowest BCUT2D eigenvalue weighted by atomic mass is 10.4. The van der Waals surface area contributed by atoms with Crippen molar-refractivity contribution in [3.63, 3.8) is 0 Å². The van der Waals surface area contributed by atoms with Gasteiger partial charge in [-0.1, -0.05) is 17.3 Å². The highest BCUT2D eigenvalue weighted by atomic mass is 32.2. The highest BCUT2D eigenvalue weighted by Crippen LogP contribution is 2.18. The number of hydrogen-bond donors (Lipinski definition) is 1. The van der Waals surface area contributed by atoms with E-state index in [1.54, 1.807) is 6.92 Å². The fourth-order valence-electron chi connectivity index (χ4n) is 1.27. The topological polar surface area (TPSA) is 72.2 Å². The summed E-state index contributed by atoms with van der Waals surface area (Å²) in [6.45, 7) is 1.62. The molecule has 0 bridgehead atoms. The number of anilines is 1. The number of hydrogen-bond acceptors (Lipinski definition) is 4. The van der Waals surface area contributed by atoms with Crippen LogP contribution in [0.1, 0.15) is 5.76 Å². The van der Waals surface area contributed by atoms with Crippen LogP contribution in [-0.2, 0) is 10.0 Å². The Morgan fingerprint density at radius 1 is 1.35 bits per heavy atom. The SMILES string of the molecule is Cc1cc(NS(=O)(=O)c2ccccc2F)no1. The van der Waals surface area contributed by atoms with Crippen LogP contribution in [0.25, 0.3) is 0 Å². The second-order valence-corrected chi connectivity index (χ2v) is 5.01. The third-order valence-corrected chi connectivity index (χ3v) is 3.38. The number of nitrogens with zero attached hydrogens (tertiary/aromatic N) is 1. The molecule has 17 heavy (non-hydrogen) atoms.